The molecule has 0 unspecified atom stereocenters. The smallest absolute Gasteiger partial charge is 0.0406 e. The van der Waals surface area contributed by atoms with Crippen molar-refractivity contribution >= 4 is 23.4 Å². The zero-order chi connectivity index (χ0) is 8.10. The first-order chi connectivity index (χ1) is 5.33. The van der Waals surface area contributed by atoms with Gasteiger partial charge >= 0.3 is 0 Å². The van der Waals surface area contributed by atoms with Gasteiger partial charge in [-0.3, -0.25) is 0 Å². The molecule has 1 aromatic rings. The van der Waals surface area contributed by atoms with Crippen LogP contribution in [0.3, 0.4) is 0 Å². The summed E-state index contributed by atoms with van der Waals surface area (Å²) in [5, 5.41) is 0.795. The third-order valence-electron chi connectivity index (χ3n) is 1.23. The Hall–Kier alpha value is -0.140. The van der Waals surface area contributed by atoms with Gasteiger partial charge in [0.1, 0.15) is 0 Å². The minimum absolute atomic E-state index is 0.795. The predicted molar refractivity (Wildman–Crippen MR) is 52.2 cm³/mol. The molecule has 0 aliphatic heterocycles. The molecule has 0 nitrogen and oxygen atoms in total. The van der Waals surface area contributed by atoms with Gasteiger partial charge in [-0.2, -0.15) is 0 Å². The summed E-state index contributed by atoms with van der Waals surface area (Å²) in [6.07, 6.45) is 0.966. The van der Waals surface area contributed by atoms with Crippen molar-refractivity contribution < 1.29 is 0 Å². The Kier molecular flexibility index (Phi) is 3.81. The highest BCUT2D eigenvalue weighted by Crippen LogP contribution is 2.20. The van der Waals surface area contributed by atoms with E-state index in [4.69, 9.17) is 11.6 Å². The Balaban J connectivity index is 2.52. The summed E-state index contributed by atoms with van der Waals surface area (Å²) in [6, 6.07) is 7.88. The van der Waals surface area contributed by atoms with Crippen molar-refractivity contribution in [2.45, 2.75) is 11.3 Å². The van der Waals surface area contributed by atoms with Gasteiger partial charge < -0.3 is 0 Å². The zero-order valence-corrected chi connectivity index (χ0v) is 7.79. The Bertz CT molecular complexity index is 205. The standard InChI is InChI=1S/C9H10ClS/c1-2-7-11-9-5-3-8(10)4-6-9/h3-6H,1-2,7H2. The first-order valence-corrected chi connectivity index (χ1v) is 4.87. The SMILES string of the molecule is [CH2]CCSc1ccc(Cl)cc1. The van der Waals surface area contributed by atoms with E-state index < -0.39 is 0 Å². The first-order valence-electron chi connectivity index (χ1n) is 3.50. The van der Waals surface area contributed by atoms with Crippen LogP contribution in [0, 0.1) is 6.92 Å². The van der Waals surface area contributed by atoms with Crippen molar-refractivity contribution in [2.75, 3.05) is 5.75 Å². The van der Waals surface area contributed by atoms with Crippen LogP contribution in [0.5, 0.6) is 0 Å². The molecule has 0 aliphatic carbocycles. The molecule has 11 heavy (non-hydrogen) atoms. The fraction of sp³-hybridized carbons (Fsp3) is 0.222. The van der Waals surface area contributed by atoms with Crippen LogP contribution in [-0.2, 0) is 0 Å². The highest BCUT2D eigenvalue weighted by atomic mass is 35.5. The van der Waals surface area contributed by atoms with Crippen LogP contribution in [-0.4, -0.2) is 5.75 Å². The number of rotatable bonds is 3. The summed E-state index contributed by atoms with van der Waals surface area (Å²) in [5.41, 5.74) is 0. The van der Waals surface area contributed by atoms with E-state index in [0.717, 1.165) is 17.2 Å². The average molecular weight is 186 g/mol. The predicted octanol–water partition coefficient (Wildman–Crippen LogP) is 3.66. The summed E-state index contributed by atoms with van der Waals surface area (Å²) < 4.78 is 0. The van der Waals surface area contributed by atoms with Crippen molar-refractivity contribution in [2.24, 2.45) is 0 Å². The summed E-state index contributed by atoms with van der Waals surface area (Å²) in [6.45, 7) is 3.77. The van der Waals surface area contributed by atoms with Gasteiger partial charge in [0.15, 0.2) is 0 Å². The van der Waals surface area contributed by atoms with Crippen LogP contribution in [0.15, 0.2) is 29.2 Å². The lowest BCUT2D eigenvalue weighted by atomic mass is 10.4. The second kappa shape index (κ2) is 4.68. The molecule has 59 valence electrons. The van der Waals surface area contributed by atoms with Crippen LogP contribution >= 0.6 is 23.4 Å². The molecular weight excluding hydrogens is 176 g/mol. The van der Waals surface area contributed by atoms with Gasteiger partial charge in [0, 0.05) is 9.92 Å². The lowest BCUT2D eigenvalue weighted by molar-refractivity contribution is 1.24. The molecule has 0 heterocycles. The Morgan fingerprint density at radius 3 is 2.45 bits per heavy atom. The zero-order valence-electron chi connectivity index (χ0n) is 6.22. The molecular formula is C9H10ClS. The fourth-order valence-electron chi connectivity index (χ4n) is 0.721. The number of hydrogen-bond acceptors (Lipinski definition) is 1. The van der Waals surface area contributed by atoms with Crippen molar-refractivity contribution in [1.82, 2.24) is 0 Å². The molecule has 0 aliphatic rings. The quantitative estimate of drug-likeness (QED) is 0.648. The summed E-state index contributed by atoms with van der Waals surface area (Å²) >= 11 is 7.53. The second-order valence-corrected chi connectivity index (χ2v) is 3.76. The third kappa shape index (κ3) is 3.17. The number of halogens is 1. The van der Waals surface area contributed by atoms with Gasteiger partial charge in [-0.15, -0.1) is 11.8 Å². The minimum atomic E-state index is 0.795. The summed E-state index contributed by atoms with van der Waals surface area (Å²) in [7, 11) is 0. The van der Waals surface area contributed by atoms with E-state index in [0.29, 0.717) is 0 Å². The normalized spacial score (nSPS) is 10.0. The molecule has 0 amide bonds. The molecule has 1 rings (SSSR count). The number of hydrogen-bond donors (Lipinski definition) is 0. The van der Waals surface area contributed by atoms with Crippen LogP contribution in [0.1, 0.15) is 6.42 Å². The maximum Gasteiger partial charge on any atom is 0.0406 e. The van der Waals surface area contributed by atoms with Crippen LogP contribution in [0.2, 0.25) is 5.02 Å². The van der Waals surface area contributed by atoms with E-state index >= 15 is 0 Å². The minimum Gasteiger partial charge on any atom is -0.126 e. The molecule has 2 heteroatoms. The topological polar surface area (TPSA) is 0 Å². The molecule has 0 atom stereocenters. The summed E-state index contributed by atoms with van der Waals surface area (Å²) in [5.74, 6) is 1.07. The van der Waals surface area contributed by atoms with Gasteiger partial charge in [0.25, 0.3) is 0 Å². The first kappa shape index (κ1) is 8.95. The Morgan fingerprint density at radius 2 is 1.91 bits per heavy atom. The van der Waals surface area contributed by atoms with Crippen molar-refractivity contribution in [3.05, 3.63) is 36.2 Å². The largest absolute Gasteiger partial charge is 0.126 e. The monoisotopic (exact) mass is 185 g/mol. The van der Waals surface area contributed by atoms with Crippen LogP contribution in [0.25, 0.3) is 0 Å². The lowest BCUT2D eigenvalue weighted by Gasteiger charge is -1.97. The number of thioether (sulfide) groups is 1. The number of benzene rings is 1. The van der Waals surface area contributed by atoms with Gasteiger partial charge in [-0.1, -0.05) is 18.5 Å². The molecule has 0 bridgehead atoms. The van der Waals surface area contributed by atoms with Crippen molar-refractivity contribution in [3.8, 4) is 0 Å². The molecule has 0 saturated heterocycles. The Labute approximate surface area is 77.0 Å². The molecule has 1 radical (unpaired) electrons. The lowest BCUT2D eigenvalue weighted by Crippen LogP contribution is -1.74. The molecule has 0 aromatic heterocycles. The molecule has 0 spiro atoms. The molecule has 0 saturated carbocycles. The highest BCUT2D eigenvalue weighted by molar-refractivity contribution is 7.99. The molecule has 0 fully saturated rings. The van der Waals surface area contributed by atoms with Crippen LogP contribution < -0.4 is 0 Å². The average Bonchev–Trinajstić information content (AvgIpc) is 2.04. The second-order valence-electron chi connectivity index (χ2n) is 2.16. The van der Waals surface area contributed by atoms with Crippen molar-refractivity contribution in [3.63, 3.8) is 0 Å². The van der Waals surface area contributed by atoms with Crippen molar-refractivity contribution in [1.29, 1.82) is 0 Å². The summed E-state index contributed by atoms with van der Waals surface area (Å²) in [4.78, 5) is 1.26. The van der Waals surface area contributed by atoms with E-state index in [1.807, 2.05) is 36.0 Å². The van der Waals surface area contributed by atoms with Gasteiger partial charge in [0.2, 0.25) is 0 Å². The van der Waals surface area contributed by atoms with E-state index in [1.165, 1.54) is 4.90 Å². The maximum atomic E-state index is 5.72. The molecule has 1 aromatic carbocycles. The van der Waals surface area contributed by atoms with Gasteiger partial charge in [-0.05, 0) is 36.4 Å². The van der Waals surface area contributed by atoms with E-state index in [1.54, 1.807) is 0 Å². The van der Waals surface area contributed by atoms with E-state index in [2.05, 4.69) is 6.92 Å². The third-order valence-corrected chi connectivity index (χ3v) is 2.58. The fourth-order valence-corrected chi connectivity index (χ4v) is 1.56. The van der Waals surface area contributed by atoms with Gasteiger partial charge in [0.05, 0.1) is 0 Å². The Morgan fingerprint density at radius 1 is 1.27 bits per heavy atom. The van der Waals surface area contributed by atoms with Gasteiger partial charge in [-0.25, -0.2) is 0 Å². The van der Waals surface area contributed by atoms with Crippen LogP contribution in [0.4, 0.5) is 0 Å². The van der Waals surface area contributed by atoms with E-state index in [9.17, 15) is 0 Å². The highest BCUT2D eigenvalue weighted by Gasteiger charge is 1.91. The maximum absolute atomic E-state index is 5.72. The van der Waals surface area contributed by atoms with E-state index in [-0.39, 0.29) is 0 Å². The molecule has 0 N–H and O–H groups in total.